The Morgan fingerprint density at radius 2 is 1.86 bits per heavy atom. The minimum atomic E-state index is -0.0383. The molecule has 2 heterocycles. The molecule has 2 N–H and O–H groups in total. The Hall–Kier alpha value is -1.22. The molecule has 3 rings (SSSR count). The maximum atomic E-state index is 6.04. The molecule has 7 heteroatoms. The number of guanidine groups is 1. The molecule has 0 aliphatic carbocycles. The molecule has 2 aliphatic heterocycles. The quantitative estimate of drug-likeness (QED) is 0.329. The molecule has 3 unspecified atom stereocenters. The SMILES string of the molecule is CCNC(=NCC(C)Oc1ccccc1OC)NC1CC2CCCC(C1)N2C.I. The van der Waals surface area contributed by atoms with Gasteiger partial charge in [-0.25, -0.2) is 4.99 Å². The summed E-state index contributed by atoms with van der Waals surface area (Å²) < 4.78 is 11.4. The molecule has 1 aromatic carbocycles. The second kappa shape index (κ2) is 11.8. The third-order valence-corrected chi connectivity index (χ3v) is 5.93. The van der Waals surface area contributed by atoms with Gasteiger partial charge in [0.2, 0.25) is 0 Å². The monoisotopic (exact) mass is 516 g/mol. The van der Waals surface area contributed by atoms with Gasteiger partial charge in [0, 0.05) is 24.7 Å². The van der Waals surface area contributed by atoms with Crippen molar-refractivity contribution in [2.75, 3.05) is 27.2 Å². The molecule has 6 nitrogen and oxygen atoms in total. The summed E-state index contributed by atoms with van der Waals surface area (Å²) >= 11 is 0. The van der Waals surface area contributed by atoms with Gasteiger partial charge >= 0.3 is 0 Å². The lowest BCUT2D eigenvalue weighted by Gasteiger charge is -2.47. The standard InChI is InChI=1S/C22H36N4O2.HI/c1-5-23-22(25-17-13-18-9-8-10-19(14-17)26(18)3)24-15-16(2)28-21-12-7-6-11-20(21)27-4;/h6-7,11-12,16-19H,5,8-10,13-15H2,1-4H3,(H2,23,24,25);1H. The summed E-state index contributed by atoms with van der Waals surface area (Å²) in [4.78, 5) is 7.38. The van der Waals surface area contributed by atoms with Crippen LogP contribution in [0, 0.1) is 0 Å². The van der Waals surface area contributed by atoms with Crippen LogP contribution in [0.25, 0.3) is 0 Å². The van der Waals surface area contributed by atoms with Crippen LogP contribution in [0.1, 0.15) is 46.0 Å². The molecule has 2 fully saturated rings. The van der Waals surface area contributed by atoms with Crippen molar-refractivity contribution in [1.29, 1.82) is 0 Å². The third-order valence-electron chi connectivity index (χ3n) is 5.93. The van der Waals surface area contributed by atoms with Gasteiger partial charge in [-0.2, -0.15) is 0 Å². The highest BCUT2D eigenvalue weighted by Gasteiger charge is 2.36. The van der Waals surface area contributed by atoms with Gasteiger partial charge in [-0.1, -0.05) is 18.6 Å². The molecule has 3 atom stereocenters. The van der Waals surface area contributed by atoms with Crippen molar-refractivity contribution < 1.29 is 9.47 Å². The fourth-order valence-corrected chi connectivity index (χ4v) is 4.44. The second-order valence-electron chi connectivity index (χ2n) is 8.02. The van der Waals surface area contributed by atoms with E-state index in [0.29, 0.717) is 24.7 Å². The van der Waals surface area contributed by atoms with Crippen molar-refractivity contribution in [2.45, 2.75) is 70.2 Å². The summed E-state index contributed by atoms with van der Waals surface area (Å²) in [5, 5.41) is 7.07. The topological polar surface area (TPSA) is 58.1 Å². The Morgan fingerprint density at radius 3 is 2.48 bits per heavy atom. The number of rotatable bonds is 7. The van der Waals surface area contributed by atoms with E-state index in [4.69, 9.17) is 14.5 Å². The van der Waals surface area contributed by atoms with E-state index in [1.807, 2.05) is 31.2 Å². The van der Waals surface area contributed by atoms with Gasteiger partial charge < -0.3 is 25.0 Å². The first-order chi connectivity index (χ1) is 13.6. The molecule has 0 amide bonds. The van der Waals surface area contributed by atoms with Crippen LogP contribution in [-0.2, 0) is 0 Å². The number of hydrogen-bond donors (Lipinski definition) is 2. The highest BCUT2D eigenvalue weighted by Crippen LogP contribution is 2.32. The van der Waals surface area contributed by atoms with E-state index in [1.54, 1.807) is 7.11 Å². The molecule has 29 heavy (non-hydrogen) atoms. The first-order valence-electron chi connectivity index (χ1n) is 10.7. The largest absolute Gasteiger partial charge is 0.493 e. The van der Waals surface area contributed by atoms with Crippen molar-refractivity contribution in [3.63, 3.8) is 0 Å². The number of piperidine rings is 2. The number of halogens is 1. The molecule has 0 saturated carbocycles. The lowest BCUT2D eigenvalue weighted by molar-refractivity contribution is 0.0526. The third kappa shape index (κ3) is 6.64. The first-order valence-corrected chi connectivity index (χ1v) is 10.7. The van der Waals surface area contributed by atoms with E-state index in [1.165, 1.54) is 32.1 Å². The van der Waals surface area contributed by atoms with Crippen molar-refractivity contribution in [3.8, 4) is 11.5 Å². The maximum absolute atomic E-state index is 6.04. The molecular weight excluding hydrogens is 479 g/mol. The van der Waals surface area contributed by atoms with Crippen molar-refractivity contribution in [1.82, 2.24) is 15.5 Å². The van der Waals surface area contributed by atoms with Crippen molar-refractivity contribution >= 4 is 29.9 Å². The molecule has 2 saturated heterocycles. The zero-order chi connectivity index (χ0) is 19.9. The molecule has 2 bridgehead atoms. The number of ether oxygens (including phenoxy) is 2. The highest BCUT2D eigenvalue weighted by atomic mass is 127. The van der Waals surface area contributed by atoms with Crippen LogP contribution in [0.2, 0.25) is 0 Å². The van der Waals surface area contributed by atoms with Crippen LogP contribution in [0.5, 0.6) is 11.5 Å². The molecule has 1 aromatic rings. The Bertz CT molecular complexity index is 643. The van der Waals surface area contributed by atoms with Crippen LogP contribution in [0.4, 0.5) is 0 Å². The molecular formula is C22H37IN4O2. The van der Waals surface area contributed by atoms with Crippen LogP contribution in [0.3, 0.4) is 0 Å². The predicted octanol–water partition coefficient (Wildman–Crippen LogP) is 3.65. The van der Waals surface area contributed by atoms with Crippen molar-refractivity contribution in [2.24, 2.45) is 4.99 Å². The molecule has 164 valence electrons. The van der Waals surface area contributed by atoms with Gasteiger partial charge in [0.15, 0.2) is 17.5 Å². The normalized spacial score (nSPS) is 25.5. The molecule has 0 radical (unpaired) electrons. The highest BCUT2D eigenvalue weighted by molar-refractivity contribution is 14.0. The number of para-hydroxylation sites is 2. The summed E-state index contributed by atoms with van der Waals surface area (Å²) in [6, 6.07) is 9.65. The number of aliphatic imine (C=N–C) groups is 1. The van der Waals surface area contributed by atoms with Gasteiger partial charge in [-0.15, -0.1) is 24.0 Å². The molecule has 0 aromatic heterocycles. The van der Waals surface area contributed by atoms with E-state index in [-0.39, 0.29) is 30.1 Å². The average molecular weight is 516 g/mol. The van der Waals surface area contributed by atoms with Crippen LogP contribution < -0.4 is 20.1 Å². The Morgan fingerprint density at radius 1 is 1.21 bits per heavy atom. The van der Waals surface area contributed by atoms with E-state index in [2.05, 4.69) is 29.5 Å². The number of fused-ring (bicyclic) bond motifs is 2. The zero-order valence-corrected chi connectivity index (χ0v) is 20.5. The zero-order valence-electron chi connectivity index (χ0n) is 18.2. The van der Waals surface area contributed by atoms with Crippen LogP contribution in [0.15, 0.2) is 29.3 Å². The smallest absolute Gasteiger partial charge is 0.191 e. The van der Waals surface area contributed by atoms with Crippen LogP contribution >= 0.6 is 24.0 Å². The van der Waals surface area contributed by atoms with Crippen molar-refractivity contribution in [3.05, 3.63) is 24.3 Å². The van der Waals surface area contributed by atoms with E-state index in [0.717, 1.165) is 24.0 Å². The van der Waals surface area contributed by atoms with Gasteiger partial charge in [-0.3, -0.25) is 0 Å². The Labute approximate surface area is 192 Å². The lowest BCUT2D eigenvalue weighted by Crippen LogP contribution is -2.56. The summed E-state index contributed by atoms with van der Waals surface area (Å²) in [7, 11) is 3.95. The summed E-state index contributed by atoms with van der Waals surface area (Å²) in [5.74, 6) is 2.40. The van der Waals surface area contributed by atoms with Gasteiger partial charge in [0.05, 0.1) is 13.7 Å². The van der Waals surface area contributed by atoms with E-state index < -0.39 is 0 Å². The Kier molecular flexibility index (Phi) is 9.82. The van der Waals surface area contributed by atoms with Gasteiger partial charge in [-0.05, 0) is 58.7 Å². The Balaban J connectivity index is 0.00000300. The molecule has 2 aliphatic rings. The average Bonchev–Trinajstić information content (AvgIpc) is 2.67. The summed E-state index contributed by atoms with van der Waals surface area (Å²) in [5.41, 5.74) is 0. The number of hydrogen-bond acceptors (Lipinski definition) is 4. The van der Waals surface area contributed by atoms with E-state index >= 15 is 0 Å². The summed E-state index contributed by atoms with van der Waals surface area (Å²) in [6.45, 7) is 5.59. The summed E-state index contributed by atoms with van der Waals surface area (Å²) in [6.07, 6.45) is 6.38. The molecule has 0 spiro atoms. The number of benzene rings is 1. The van der Waals surface area contributed by atoms with Crippen LogP contribution in [-0.4, -0.2) is 62.3 Å². The minimum Gasteiger partial charge on any atom is -0.493 e. The number of nitrogens with one attached hydrogen (secondary N) is 2. The lowest BCUT2D eigenvalue weighted by atomic mass is 9.82. The van der Waals surface area contributed by atoms with Gasteiger partial charge in [0.1, 0.15) is 6.10 Å². The number of nitrogens with zero attached hydrogens (tertiary/aromatic N) is 2. The minimum absolute atomic E-state index is 0. The predicted molar refractivity (Wildman–Crippen MR) is 130 cm³/mol. The number of methoxy groups -OCH3 is 1. The second-order valence-corrected chi connectivity index (χ2v) is 8.02. The first kappa shape index (κ1) is 24.1. The maximum Gasteiger partial charge on any atom is 0.191 e. The van der Waals surface area contributed by atoms with Gasteiger partial charge in [0.25, 0.3) is 0 Å². The fraction of sp³-hybridized carbons (Fsp3) is 0.682. The fourth-order valence-electron chi connectivity index (χ4n) is 4.44. The van der Waals surface area contributed by atoms with E-state index in [9.17, 15) is 0 Å².